The van der Waals surface area contributed by atoms with Gasteiger partial charge in [0.15, 0.2) is 0 Å². The molecule has 1 aliphatic carbocycles. The van der Waals surface area contributed by atoms with Gasteiger partial charge in [0.1, 0.15) is 5.76 Å². The Morgan fingerprint density at radius 2 is 1.88 bits per heavy atom. The number of carbonyl (C=O) groups excluding carboxylic acids is 2. The highest BCUT2D eigenvalue weighted by Crippen LogP contribution is 2.48. The Morgan fingerprint density at radius 1 is 1.06 bits per heavy atom. The van der Waals surface area contributed by atoms with E-state index < -0.39 is 0 Å². The van der Waals surface area contributed by atoms with Crippen LogP contribution in [0.4, 0.5) is 0 Å². The summed E-state index contributed by atoms with van der Waals surface area (Å²) in [6.07, 6.45) is 5.09. The Balaban J connectivity index is 1.46. The van der Waals surface area contributed by atoms with Crippen LogP contribution in [0.3, 0.4) is 0 Å². The van der Waals surface area contributed by atoms with Crippen molar-refractivity contribution in [2.75, 3.05) is 26.8 Å². The smallest absolute Gasteiger partial charge is 0.242 e. The van der Waals surface area contributed by atoms with Gasteiger partial charge in [-0.1, -0.05) is 30.3 Å². The summed E-state index contributed by atoms with van der Waals surface area (Å²) in [5.41, 5.74) is 2.20. The molecule has 0 saturated heterocycles. The number of benzene rings is 1. The summed E-state index contributed by atoms with van der Waals surface area (Å²) in [7, 11) is 3.61. The Bertz CT molecular complexity index is 1060. The number of hydrogen-bond acceptors (Lipinski definition) is 4. The summed E-state index contributed by atoms with van der Waals surface area (Å²) in [6, 6.07) is 17.8. The molecular formula is C27H33N3O4. The number of rotatable bonds is 12. The summed E-state index contributed by atoms with van der Waals surface area (Å²) in [6.45, 7) is 1.89. The van der Waals surface area contributed by atoms with E-state index in [1.165, 1.54) is 5.56 Å². The van der Waals surface area contributed by atoms with Crippen LogP contribution in [-0.2, 0) is 34.5 Å². The molecule has 0 bridgehead atoms. The minimum Gasteiger partial charge on any atom is -0.467 e. The van der Waals surface area contributed by atoms with Gasteiger partial charge in [0.2, 0.25) is 11.8 Å². The lowest BCUT2D eigenvalue weighted by atomic mass is 10.1. The average molecular weight is 464 g/mol. The largest absolute Gasteiger partial charge is 0.467 e. The maximum Gasteiger partial charge on any atom is 0.242 e. The Labute approximate surface area is 200 Å². The highest BCUT2D eigenvalue weighted by atomic mass is 16.5. The molecular weight excluding hydrogens is 430 g/mol. The monoisotopic (exact) mass is 463 g/mol. The second kappa shape index (κ2) is 11.2. The molecule has 180 valence electrons. The first kappa shape index (κ1) is 23.8. The molecule has 1 unspecified atom stereocenters. The van der Waals surface area contributed by atoms with Crippen LogP contribution in [-0.4, -0.2) is 53.0 Å². The third-order valence-corrected chi connectivity index (χ3v) is 6.43. The van der Waals surface area contributed by atoms with Crippen LogP contribution in [0, 0.1) is 5.92 Å². The third kappa shape index (κ3) is 5.97. The van der Waals surface area contributed by atoms with Gasteiger partial charge in [0.05, 0.1) is 25.9 Å². The zero-order valence-corrected chi connectivity index (χ0v) is 19.9. The Hall–Kier alpha value is -3.32. The lowest BCUT2D eigenvalue weighted by molar-refractivity contribution is -0.142. The molecule has 0 spiro atoms. The molecule has 1 aromatic carbocycles. The van der Waals surface area contributed by atoms with Crippen LogP contribution in [0.2, 0.25) is 0 Å². The number of hydrogen-bond donors (Lipinski definition) is 0. The fourth-order valence-corrected chi connectivity index (χ4v) is 4.38. The van der Waals surface area contributed by atoms with E-state index in [1.54, 1.807) is 23.2 Å². The average Bonchev–Trinajstić information content (AvgIpc) is 3.29. The fourth-order valence-electron chi connectivity index (χ4n) is 4.38. The lowest BCUT2D eigenvalue weighted by Gasteiger charge is -2.28. The van der Waals surface area contributed by atoms with Crippen LogP contribution in [0.25, 0.3) is 0 Å². The molecule has 1 fully saturated rings. The van der Waals surface area contributed by atoms with Crippen LogP contribution < -0.4 is 0 Å². The van der Waals surface area contributed by atoms with Gasteiger partial charge in [-0.25, -0.2) is 0 Å². The van der Waals surface area contributed by atoms with Crippen LogP contribution in [0.5, 0.6) is 0 Å². The molecule has 0 aliphatic heterocycles. The van der Waals surface area contributed by atoms with E-state index in [9.17, 15) is 9.59 Å². The van der Waals surface area contributed by atoms with E-state index in [0.717, 1.165) is 12.1 Å². The predicted octanol–water partition coefficient (Wildman–Crippen LogP) is 3.82. The number of aryl methyl sites for hydroxylation is 1. The summed E-state index contributed by atoms with van der Waals surface area (Å²) in [5.74, 6) is 0.835. The van der Waals surface area contributed by atoms with Gasteiger partial charge in [0, 0.05) is 45.1 Å². The van der Waals surface area contributed by atoms with Gasteiger partial charge in [-0.15, -0.1) is 0 Å². The second-order valence-electron chi connectivity index (χ2n) is 8.91. The molecule has 1 aliphatic rings. The van der Waals surface area contributed by atoms with Gasteiger partial charge in [0.25, 0.3) is 0 Å². The van der Waals surface area contributed by atoms with E-state index in [4.69, 9.17) is 9.15 Å². The van der Waals surface area contributed by atoms with E-state index in [-0.39, 0.29) is 30.2 Å². The first-order valence-electron chi connectivity index (χ1n) is 11.8. The van der Waals surface area contributed by atoms with E-state index in [0.29, 0.717) is 38.4 Å². The quantitative estimate of drug-likeness (QED) is 0.383. The van der Waals surface area contributed by atoms with Gasteiger partial charge >= 0.3 is 0 Å². The minimum absolute atomic E-state index is 0.0473. The normalized spacial score (nSPS) is 16.9. The van der Waals surface area contributed by atoms with Gasteiger partial charge in [-0.2, -0.15) is 0 Å². The van der Waals surface area contributed by atoms with Crippen molar-refractivity contribution in [3.05, 3.63) is 84.1 Å². The summed E-state index contributed by atoms with van der Waals surface area (Å²) in [4.78, 5) is 30.4. The maximum absolute atomic E-state index is 13.5. The molecule has 0 radical (unpaired) electrons. The van der Waals surface area contributed by atoms with Crippen molar-refractivity contribution in [3.63, 3.8) is 0 Å². The fraction of sp³-hybridized carbons (Fsp3) is 0.407. The van der Waals surface area contributed by atoms with Crippen LogP contribution in [0.1, 0.15) is 35.8 Å². The maximum atomic E-state index is 13.5. The standard InChI is InChI=1S/C27H33N3O4/c1-28-13-6-11-22(28)18-30(19-23-12-7-16-34-23)26(31)20-29(14-8-15-33-2)27(32)25-17-24(25)21-9-4-3-5-10-21/h3-7,9-13,16,24-25H,8,14-15,17-20H2,1-2H3/t24-,25?/m0/s1. The minimum atomic E-state index is -0.0970. The van der Waals surface area contributed by atoms with Crippen molar-refractivity contribution in [3.8, 4) is 0 Å². The number of carbonyl (C=O) groups is 2. The molecule has 4 rings (SSSR count). The lowest BCUT2D eigenvalue weighted by Crippen LogP contribution is -2.44. The van der Waals surface area contributed by atoms with Crippen molar-refractivity contribution in [2.45, 2.75) is 31.8 Å². The van der Waals surface area contributed by atoms with Gasteiger partial charge in [-0.05, 0) is 48.6 Å². The number of amides is 2. The molecule has 7 heteroatoms. The Morgan fingerprint density at radius 3 is 2.56 bits per heavy atom. The van der Waals surface area contributed by atoms with Crippen molar-refractivity contribution in [1.29, 1.82) is 0 Å². The van der Waals surface area contributed by atoms with E-state index >= 15 is 0 Å². The number of methoxy groups -OCH3 is 1. The number of ether oxygens (including phenoxy) is 1. The first-order chi connectivity index (χ1) is 16.6. The number of nitrogens with zero attached hydrogens (tertiary/aromatic N) is 3. The third-order valence-electron chi connectivity index (χ3n) is 6.43. The van der Waals surface area contributed by atoms with Crippen molar-refractivity contribution in [2.24, 2.45) is 13.0 Å². The van der Waals surface area contributed by atoms with Crippen LogP contribution in [0.15, 0.2) is 71.5 Å². The molecule has 2 amide bonds. The SMILES string of the molecule is COCCCN(CC(=O)N(Cc1ccco1)Cc1cccn1C)C(=O)C1C[C@H]1c1ccccc1. The molecule has 2 aromatic heterocycles. The first-order valence-corrected chi connectivity index (χ1v) is 11.8. The van der Waals surface area contributed by atoms with E-state index in [1.807, 2.05) is 60.3 Å². The molecule has 1 saturated carbocycles. The highest BCUT2D eigenvalue weighted by molar-refractivity contribution is 5.88. The highest BCUT2D eigenvalue weighted by Gasteiger charge is 2.46. The number of aromatic nitrogens is 1. The van der Waals surface area contributed by atoms with Gasteiger partial charge < -0.3 is 23.5 Å². The van der Waals surface area contributed by atoms with Crippen LogP contribution >= 0.6 is 0 Å². The van der Waals surface area contributed by atoms with Gasteiger partial charge in [-0.3, -0.25) is 9.59 Å². The van der Waals surface area contributed by atoms with Crippen molar-refractivity contribution < 1.29 is 18.7 Å². The molecule has 3 aromatic rings. The molecule has 2 heterocycles. The zero-order valence-electron chi connectivity index (χ0n) is 19.9. The predicted molar refractivity (Wildman–Crippen MR) is 129 cm³/mol. The molecule has 2 atom stereocenters. The Kier molecular flexibility index (Phi) is 7.85. The second-order valence-corrected chi connectivity index (χ2v) is 8.91. The molecule has 0 N–H and O–H groups in total. The number of furan rings is 1. The summed E-state index contributed by atoms with van der Waals surface area (Å²) in [5, 5.41) is 0. The summed E-state index contributed by atoms with van der Waals surface area (Å²) >= 11 is 0. The summed E-state index contributed by atoms with van der Waals surface area (Å²) < 4.78 is 12.7. The van der Waals surface area contributed by atoms with Crippen molar-refractivity contribution >= 4 is 11.8 Å². The molecule has 34 heavy (non-hydrogen) atoms. The molecule has 7 nitrogen and oxygen atoms in total. The van der Waals surface area contributed by atoms with E-state index in [2.05, 4.69) is 12.1 Å². The van der Waals surface area contributed by atoms with Crippen molar-refractivity contribution in [1.82, 2.24) is 14.4 Å². The zero-order chi connectivity index (χ0) is 23.9. The topological polar surface area (TPSA) is 67.9 Å².